The predicted octanol–water partition coefficient (Wildman–Crippen LogP) is 1.69. The highest BCUT2D eigenvalue weighted by atomic mass is 16.5. The number of fused-ring (bicyclic) bond motifs is 1. The number of ether oxygens (including phenoxy) is 2. The van der Waals surface area contributed by atoms with Gasteiger partial charge in [0.15, 0.2) is 0 Å². The van der Waals surface area contributed by atoms with Crippen LogP contribution >= 0.6 is 0 Å². The van der Waals surface area contributed by atoms with Gasteiger partial charge in [0.2, 0.25) is 11.8 Å². The van der Waals surface area contributed by atoms with Crippen molar-refractivity contribution >= 4 is 17.5 Å². The number of likely N-dealkylation sites (N-methyl/N-ethyl adjacent to an activating group) is 1. The van der Waals surface area contributed by atoms with Crippen molar-refractivity contribution in [1.82, 2.24) is 4.90 Å². The molecule has 24 heavy (non-hydrogen) atoms. The molecule has 0 saturated carbocycles. The van der Waals surface area contributed by atoms with E-state index in [1.807, 2.05) is 36.1 Å². The van der Waals surface area contributed by atoms with Crippen LogP contribution in [0.1, 0.15) is 19.8 Å². The van der Waals surface area contributed by atoms with Crippen molar-refractivity contribution in [3.8, 4) is 5.75 Å². The van der Waals surface area contributed by atoms with E-state index in [4.69, 9.17) is 9.47 Å². The molecule has 0 radical (unpaired) electrons. The molecule has 6 heteroatoms. The van der Waals surface area contributed by atoms with Gasteiger partial charge in [-0.05, 0) is 25.5 Å². The molecular weight excluding hydrogens is 308 g/mol. The number of carbonyl (C=O) groups is 2. The minimum atomic E-state index is -0.0754. The molecule has 1 fully saturated rings. The Kier molecular flexibility index (Phi) is 5.35. The summed E-state index contributed by atoms with van der Waals surface area (Å²) in [5, 5.41) is 0. The second kappa shape index (κ2) is 7.66. The number of hydrogen-bond donors (Lipinski definition) is 0. The fraction of sp³-hybridized carbons (Fsp3) is 0.556. The highest BCUT2D eigenvalue weighted by molar-refractivity contribution is 6.00. The summed E-state index contributed by atoms with van der Waals surface area (Å²) in [7, 11) is 0. The van der Waals surface area contributed by atoms with Gasteiger partial charge < -0.3 is 14.4 Å². The van der Waals surface area contributed by atoms with E-state index in [1.54, 1.807) is 4.90 Å². The first-order valence-corrected chi connectivity index (χ1v) is 8.56. The zero-order valence-electron chi connectivity index (χ0n) is 14.1. The lowest BCUT2D eigenvalue weighted by Crippen LogP contribution is -2.44. The van der Waals surface area contributed by atoms with Crippen LogP contribution in [0.15, 0.2) is 24.3 Å². The van der Waals surface area contributed by atoms with Gasteiger partial charge in [0.1, 0.15) is 12.3 Å². The fourth-order valence-electron chi connectivity index (χ4n) is 3.17. The van der Waals surface area contributed by atoms with Gasteiger partial charge in [-0.15, -0.1) is 0 Å². The molecular formula is C18H24N2O4. The van der Waals surface area contributed by atoms with E-state index in [0.717, 1.165) is 13.0 Å². The first-order valence-electron chi connectivity index (χ1n) is 8.56. The Hall–Kier alpha value is -2.08. The Bertz CT molecular complexity index is 598. The maximum Gasteiger partial charge on any atom is 0.242 e. The molecule has 6 nitrogen and oxygen atoms in total. The van der Waals surface area contributed by atoms with Crippen molar-refractivity contribution in [3.05, 3.63) is 24.3 Å². The summed E-state index contributed by atoms with van der Waals surface area (Å²) < 4.78 is 11.0. The molecule has 130 valence electrons. The van der Waals surface area contributed by atoms with Crippen molar-refractivity contribution in [2.45, 2.75) is 19.8 Å². The van der Waals surface area contributed by atoms with Gasteiger partial charge in [-0.3, -0.25) is 14.5 Å². The van der Waals surface area contributed by atoms with Crippen LogP contribution in [0, 0.1) is 5.92 Å². The van der Waals surface area contributed by atoms with Crippen molar-refractivity contribution in [2.75, 3.05) is 44.4 Å². The van der Waals surface area contributed by atoms with Crippen LogP contribution in [0.3, 0.4) is 0 Å². The molecule has 1 atom stereocenters. The summed E-state index contributed by atoms with van der Waals surface area (Å²) in [5.74, 6) is 0.941. The van der Waals surface area contributed by atoms with Gasteiger partial charge in [-0.25, -0.2) is 0 Å². The summed E-state index contributed by atoms with van der Waals surface area (Å²) in [6.45, 7) is 5.17. The van der Waals surface area contributed by atoms with E-state index in [0.29, 0.717) is 43.7 Å². The van der Waals surface area contributed by atoms with Gasteiger partial charge in [0, 0.05) is 25.6 Å². The highest BCUT2D eigenvalue weighted by Gasteiger charge is 2.28. The van der Waals surface area contributed by atoms with Crippen LogP contribution in [0.5, 0.6) is 5.75 Å². The van der Waals surface area contributed by atoms with Gasteiger partial charge in [0.25, 0.3) is 0 Å². The second-order valence-electron chi connectivity index (χ2n) is 6.21. The molecule has 2 heterocycles. The first-order chi connectivity index (χ1) is 11.7. The molecule has 2 aliphatic heterocycles. The summed E-state index contributed by atoms with van der Waals surface area (Å²) in [6.07, 6.45) is 1.27. The lowest BCUT2D eigenvalue weighted by Gasteiger charge is -2.28. The Morgan fingerprint density at radius 3 is 2.92 bits per heavy atom. The molecule has 0 spiro atoms. The highest BCUT2D eigenvalue weighted by Crippen LogP contribution is 2.31. The minimum Gasteiger partial charge on any atom is -0.491 e. The smallest absolute Gasteiger partial charge is 0.242 e. The first kappa shape index (κ1) is 16.8. The molecule has 0 aliphatic carbocycles. The quantitative estimate of drug-likeness (QED) is 0.823. The van der Waals surface area contributed by atoms with Crippen LogP contribution in [-0.4, -0.2) is 56.2 Å². The summed E-state index contributed by atoms with van der Waals surface area (Å²) in [6, 6.07) is 7.38. The standard InChI is InChI=1S/C18H24N2O4/c1-2-19(11-14-7-9-23-13-14)18(22)12-20-15-5-3-4-6-16(15)24-10-8-17(20)21/h3-6,14H,2,7-13H2,1H3/t14-/m0/s1. The van der Waals surface area contributed by atoms with Gasteiger partial charge in [-0.1, -0.05) is 12.1 Å². The third kappa shape index (κ3) is 3.70. The Balaban J connectivity index is 1.72. The van der Waals surface area contributed by atoms with Gasteiger partial charge >= 0.3 is 0 Å². The van der Waals surface area contributed by atoms with E-state index in [9.17, 15) is 9.59 Å². The van der Waals surface area contributed by atoms with E-state index in [-0.39, 0.29) is 24.8 Å². The zero-order chi connectivity index (χ0) is 16.9. The van der Waals surface area contributed by atoms with Gasteiger partial charge in [-0.2, -0.15) is 0 Å². The van der Waals surface area contributed by atoms with Crippen LogP contribution in [0.4, 0.5) is 5.69 Å². The van der Waals surface area contributed by atoms with E-state index < -0.39 is 0 Å². The average molecular weight is 332 g/mol. The van der Waals surface area contributed by atoms with Crippen LogP contribution < -0.4 is 9.64 Å². The monoisotopic (exact) mass is 332 g/mol. The zero-order valence-corrected chi connectivity index (χ0v) is 14.1. The molecule has 0 unspecified atom stereocenters. The molecule has 0 N–H and O–H groups in total. The molecule has 1 aromatic carbocycles. The summed E-state index contributed by atoms with van der Waals surface area (Å²) in [5.41, 5.74) is 0.675. The third-order valence-electron chi connectivity index (χ3n) is 4.56. The molecule has 1 aromatic rings. The number of carbonyl (C=O) groups excluding carboxylic acids is 2. The van der Waals surface area contributed by atoms with Crippen LogP contribution in [-0.2, 0) is 14.3 Å². The maximum atomic E-state index is 12.7. The van der Waals surface area contributed by atoms with E-state index >= 15 is 0 Å². The number of rotatable bonds is 5. The lowest BCUT2D eigenvalue weighted by molar-refractivity contribution is -0.131. The lowest BCUT2D eigenvalue weighted by atomic mass is 10.1. The number of hydrogen-bond acceptors (Lipinski definition) is 4. The molecule has 1 saturated heterocycles. The SMILES string of the molecule is CCN(C[C@@H]1CCOC1)C(=O)CN1C(=O)CCOc2ccccc21. The summed E-state index contributed by atoms with van der Waals surface area (Å²) in [4.78, 5) is 28.5. The molecule has 2 amide bonds. The van der Waals surface area contributed by atoms with Crippen molar-refractivity contribution in [2.24, 2.45) is 5.92 Å². The van der Waals surface area contributed by atoms with Crippen LogP contribution in [0.2, 0.25) is 0 Å². The molecule has 0 aromatic heterocycles. The Morgan fingerprint density at radius 1 is 1.33 bits per heavy atom. The van der Waals surface area contributed by atoms with Crippen LogP contribution in [0.25, 0.3) is 0 Å². The fourth-order valence-corrected chi connectivity index (χ4v) is 3.17. The average Bonchev–Trinajstić information content (AvgIpc) is 3.05. The summed E-state index contributed by atoms with van der Waals surface area (Å²) >= 11 is 0. The molecule has 3 rings (SSSR count). The topological polar surface area (TPSA) is 59.1 Å². The number of amides is 2. The van der Waals surface area contributed by atoms with Gasteiger partial charge in [0.05, 0.1) is 25.3 Å². The Morgan fingerprint density at radius 2 is 2.17 bits per heavy atom. The minimum absolute atomic E-state index is 0.0329. The Labute approximate surface area is 142 Å². The number of benzene rings is 1. The maximum absolute atomic E-state index is 12.7. The largest absolute Gasteiger partial charge is 0.491 e. The van der Waals surface area contributed by atoms with E-state index in [1.165, 1.54) is 0 Å². The molecule has 2 aliphatic rings. The third-order valence-corrected chi connectivity index (χ3v) is 4.56. The second-order valence-corrected chi connectivity index (χ2v) is 6.21. The number of nitrogens with zero attached hydrogens (tertiary/aromatic N) is 2. The number of para-hydroxylation sites is 2. The number of anilines is 1. The molecule has 0 bridgehead atoms. The van der Waals surface area contributed by atoms with Crippen molar-refractivity contribution < 1.29 is 19.1 Å². The predicted molar refractivity (Wildman–Crippen MR) is 90.1 cm³/mol. The normalized spacial score (nSPS) is 20.3. The van der Waals surface area contributed by atoms with Crippen molar-refractivity contribution in [3.63, 3.8) is 0 Å². The van der Waals surface area contributed by atoms with E-state index in [2.05, 4.69) is 0 Å². The van der Waals surface area contributed by atoms with Crippen molar-refractivity contribution in [1.29, 1.82) is 0 Å².